The van der Waals surface area contributed by atoms with E-state index in [1.807, 2.05) is 60.7 Å². The van der Waals surface area contributed by atoms with Gasteiger partial charge < -0.3 is 0 Å². The zero-order chi connectivity index (χ0) is 33.9. The minimum Gasteiger partial charge on any atom is -0.208 e. The predicted molar refractivity (Wildman–Crippen MR) is 207 cm³/mol. The first-order chi connectivity index (χ1) is 24.6. The Labute approximate surface area is 293 Å². The zero-order valence-corrected chi connectivity index (χ0v) is 28.1. The molecule has 1 heterocycles. The molecule has 3 heteroatoms. The fourth-order valence-electron chi connectivity index (χ4n) is 6.43. The van der Waals surface area contributed by atoms with Gasteiger partial charge in [0.25, 0.3) is 0 Å². The second-order valence-electron chi connectivity index (χ2n) is 12.7. The summed E-state index contributed by atoms with van der Waals surface area (Å²) in [5.41, 5.74) is 14.5. The van der Waals surface area contributed by atoms with Gasteiger partial charge in [0.1, 0.15) is 0 Å². The van der Waals surface area contributed by atoms with Gasteiger partial charge in [0.15, 0.2) is 17.5 Å². The molecule has 0 unspecified atom stereocenters. The van der Waals surface area contributed by atoms with Gasteiger partial charge in [0, 0.05) is 16.7 Å². The molecule has 7 aromatic carbocycles. The van der Waals surface area contributed by atoms with Crippen molar-refractivity contribution in [3.8, 4) is 78.7 Å². The van der Waals surface area contributed by atoms with Crippen LogP contribution in [0.15, 0.2) is 176 Å². The van der Waals surface area contributed by atoms with Crippen LogP contribution in [0.3, 0.4) is 0 Å². The maximum absolute atomic E-state index is 5.10. The minimum atomic E-state index is 0.630. The van der Waals surface area contributed by atoms with Gasteiger partial charge in [0.2, 0.25) is 0 Å². The first kappa shape index (κ1) is 30.9. The summed E-state index contributed by atoms with van der Waals surface area (Å²) >= 11 is 0. The normalized spacial score (nSPS) is 11.0. The smallest absolute Gasteiger partial charge is 0.164 e. The average molecular weight is 642 g/mol. The number of nitrogens with zero attached hydrogens (tertiary/aromatic N) is 3. The SMILES string of the molecule is Cc1cccc(-c2cccc(-c3cc(-c4cccc(-c5cccc(C)c5)c4)cc(-c4nc(-c5ccccc5)nc(-c5ccccc5)n4)c3)c2)c1. The molecule has 0 bridgehead atoms. The highest BCUT2D eigenvalue weighted by atomic mass is 15.0. The number of aromatic nitrogens is 3. The quantitative estimate of drug-likeness (QED) is 0.174. The number of hydrogen-bond acceptors (Lipinski definition) is 3. The van der Waals surface area contributed by atoms with Gasteiger partial charge in [-0.05, 0) is 88.7 Å². The highest BCUT2D eigenvalue weighted by molar-refractivity contribution is 5.83. The van der Waals surface area contributed by atoms with Gasteiger partial charge >= 0.3 is 0 Å². The maximum Gasteiger partial charge on any atom is 0.164 e. The fourth-order valence-corrected chi connectivity index (χ4v) is 6.43. The molecule has 0 radical (unpaired) electrons. The molecule has 0 saturated carbocycles. The van der Waals surface area contributed by atoms with Crippen LogP contribution in [-0.2, 0) is 0 Å². The minimum absolute atomic E-state index is 0.630. The molecule has 0 amide bonds. The Hall–Kier alpha value is -6.45. The molecular formula is C47H35N3. The molecule has 0 aliphatic heterocycles. The van der Waals surface area contributed by atoms with Gasteiger partial charge in [-0.3, -0.25) is 0 Å². The van der Waals surface area contributed by atoms with Gasteiger partial charge in [-0.2, -0.15) is 0 Å². The summed E-state index contributed by atoms with van der Waals surface area (Å²) < 4.78 is 0. The Balaban J connectivity index is 1.33. The molecule has 0 atom stereocenters. The largest absolute Gasteiger partial charge is 0.208 e. The van der Waals surface area contributed by atoms with E-state index in [0.717, 1.165) is 38.9 Å². The van der Waals surface area contributed by atoms with Crippen LogP contribution in [-0.4, -0.2) is 15.0 Å². The predicted octanol–water partition coefficient (Wildman–Crippen LogP) is 12.2. The van der Waals surface area contributed by atoms with E-state index < -0.39 is 0 Å². The summed E-state index contributed by atoms with van der Waals surface area (Å²) in [7, 11) is 0. The number of rotatable bonds is 7. The molecule has 1 aromatic heterocycles. The molecule has 238 valence electrons. The Morgan fingerprint density at radius 1 is 0.240 bits per heavy atom. The summed E-state index contributed by atoms with van der Waals surface area (Å²) in [5, 5.41) is 0. The summed E-state index contributed by atoms with van der Waals surface area (Å²) in [4.78, 5) is 15.1. The van der Waals surface area contributed by atoms with Crippen molar-refractivity contribution in [2.75, 3.05) is 0 Å². The van der Waals surface area contributed by atoms with Gasteiger partial charge in [0.05, 0.1) is 0 Å². The molecule has 0 N–H and O–H groups in total. The van der Waals surface area contributed by atoms with Gasteiger partial charge in [-0.25, -0.2) is 15.0 Å². The Morgan fingerprint density at radius 3 is 0.920 bits per heavy atom. The summed E-state index contributed by atoms with van der Waals surface area (Å²) in [6.07, 6.45) is 0. The van der Waals surface area contributed by atoms with E-state index in [-0.39, 0.29) is 0 Å². The third-order valence-electron chi connectivity index (χ3n) is 8.99. The van der Waals surface area contributed by atoms with Crippen LogP contribution >= 0.6 is 0 Å². The molecule has 0 aliphatic rings. The van der Waals surface area contributed by atoms with E-state index in [0.29, 0.717) is 17.5 Å². The monoisotopic (exact) mass is 641 g/mol. The van der Waals surface area contributed by atoms with Crippen LogP contribution in [0.25, 0.3) is 78.7 Å². The van der Waals surface area contributed by atoms with E-state index in [1.54, 1.807) is 0 Å². The van der Waals surface area contributed by atoms with E-state index >= 15 is 0 Å². The van der Waals surface area contributed by atoms with E-state index in [2.05, 4.69) is 129 Å². The molecule has 0 spiro atoms. The van der Waals surface area contributed by atoms with Crippen molar-refractivity contribution in [1.82, 2.24) is 15.0 Å². The lowest BCUT2D eigenvalue weighted by Crippen LogP contribution is -2.00. The highest BCUT2D eigenvalue weighted by Crippen LogP contribution is 2.36. The molecule has 8 aromatic rings. The average Bonchev–Trinajstić information content (AvgIpc) is 3.18. The van der Waals surface area contributed by atoms with E-state index in [1.165, 1.54) is 33.4 Å². The second kappa shape index (κ2) is 13.6. The molecule has 0 aliphatic carbocycles. The molecular weight excluding hydrogens is 607 g/mol. The Morgan fingerprint density at radius 2 is 0.520 bits per heavy atom. The van der Waals surface area contributed by atoms with Gasteiger partial charge in [-0.1, -0.05) is 157 Å². The number of aryl methyl sites for hydroxylation is 2. The van der Waals surface area contributed by atoms with Crippen molar-refractivity contribution in [2.24, 2.45) is 0 Å². The van der Waals surface area contributed by atoms with E-state index in [4.69, 9.17) is 15.0 Å². The maximum atomic E-state index is 5.10. The molecule has 0 fully saturated rings. The van der Waals surface area contributed by atoms with Crippen molar-refractivity contribution < 1.29 is 0 Å². The lowest BCUT2D eigenvalue weighted by atomic mass is 9.92. The van der Waals surface area contributed by atoms with Crippen LogP contribution in [0.1, 0.15) is 11.1 Å². The second-order valence-corrected chi connectivity index (χ2v) is 12.7. The van der Waals surface area contributed by atoms with Crippen LogP contribution < -0.4 is 0 Å². The standard InChI is InChI=1S/C47H35N3/c1-32-13-9-19-36(25-32)38-21-11-23-40(27-38)42-29-43(41-24-12-22-39(28-41)37-20-10-14-33(2)26-37)31-44(30-42)47-49-45(34-15-5-3-6-16-34)48-46(50-47)35-17-7-4-8-18-35/h3-31H,1-2H3. The van der Waals surface area contributed by atoms with Crippen LogP contribution in [0, 0.1) is 13.8 Å². The van der Waals surface area contributed by atoms with Crippen LogP contribution in [0.2, 0.25) is 0 Å². The Kier molecular flexibility index (Phi) is 8.38. The first-order valence-electron chi connectivity index (χ1n) is 16.9. The molecule has 50 heavy (non-hydrogen) atoms. The van der Waals surface area contributed by atoms with Crippen molar-refractivity contribution in [3.63, 3.8) is 0 Å². The van der Waals surface area contributed by atoms with Gasteiger partial charge in [-0.15, -0.1) is 0 Å². The Bertz CT molecular complexity index is 2280. The third kappa shape index (κ3) is 6.63. The first-order valence-corrected chi connectivity index (χ1v) is 16.9. The van der Waals surface area contributed by atoms with Crippen LogP contribution in [0.5, 0.6) is 0 Å². The van der Waals surface area contributed by atoms with Crippen molar-refractivity contribution >= 4 is 0 Å². The highest BCUT2D eigenvalue weighted by Gasteiger charge is 2.15. The third-order valence-corrected chi connectivity index (χ3v) is 8.99. The zero-order valence-electron chi connectivity index (χ0n) is 28.1. The van der Waals surface area contributed by atoms with E-state index in [9.17, 15) is 0 Å². The number of hydrogen-bond donors (Lipinski definition) is 0. The topological polar surface area (TPSA) is 38.7 Å². The molecule has 8 rings (SSSR count). The lowest BCUT2D eigenvalue weighted by molar-refractivity contribution is 1.07. The van der Waals surface area contributed by atoms with Crippen molar-refractivity contribution in [1.29, 1.82) is 0 Å². The molecule has 0 saturated heterocycles. The number of benzene rings is 7. The van der Waals surface area contributed by atoms with Crippen LogP contribution in [0.4, 0.5) is 0 Å². The summed E-state index contributed by atoms with van der Waals surface area (Å²) in [5.74, 6) is 1.92. The van der Waals surface area contributed by atoms with Crippen molar-refractivity contribution in [2.45, 2.75) is 13.8 Å². The fraction of sp³-hybridized carbons (Fsp3) is 0.0426. The lowest BCUT2D eigenvalue weighted by Gasteiger charge is -2.14. The summed E-state index contributed by atoms with van der Waals surface area (Å²) in [6.45, 7) is 4.27. The summed E-state index contributed by atoms with van der Waals surface area (Å²) in [6, 6.07) is 61.8. The molecule has 3 nitrogen and oxygen atoms in total. The van der Waals surface area contributed by atoms with Crippen molar-refractivity contribution in [3.05, 3.63) is 187 Å².